The highest BCUT2D eigenvalue weighted by Gasteiger charge is 2.32. The number of anilines is 1. The van der Waals surface area contributed by atoms with Crippen LogP contribution in [0.1, 0.15) is 63.5 Å². The van der Waals surface area contributed by atoms with E-state index in [1.54, 1.807) is 23.9 Å². The molecule has 3 aromatic rings. The zero-order valence-electron chi connectivity index (χ0n) is 22.1. The highest BCUT2D eigenvalue weighted by Crippen LogP contribution is 2.35. The Kier molecular flexibility index (Phi) is 6.99. The van der Waals surface area contributed by atoms with Crippen molar-refractivity contribution in [2.45, 2.75) is 58.1 Å². The van der Waals surface area contributed by atoms with Crippen LogP contribution in [0.15, 0.2) is 28.4 Å². The van der Waals surface area contributed by atoms with Gasteiger partial charge in [-0.15, -0.1) is 0 Å². The van der Waals surface area contributed by atoms with Crippen molar-refractivity contribution in [1.29, 1.82) is 10.5 Å². The van der Waals surface area contributed by atoms with Crippen LogP contribution in [-0.4, -0.2) is 48.7 Å². The Hall–Kier alpha value is -4.25. The summed E-state index contributed by atoms with van der Waals surface area (Å²) in [5.41, 5.74) is 1.74. The molecule has 4 rings (SSSR count). The van der Waals surface area contributed by atoms with Crippen molar-refractivity contribution in [2.24, 2.45) is 25.2 Å². The van der Waals surface area contributed by atoms with Gasteiger partial charge in [0.15, 0.2) is 5.82 Å². The molecule has 0 N–H and O–H groups in total. The number of aromatic nitrogens is 5. The molecule has 0 saturated heterocycles. The molecule has 3 aromatic heterocycles. The summed E-state index contributed by atoms with van der Waals surface area (Å²) in [6.45, 7) is 5.84. The van der Waals surface area contributed by atoms with E-state index in [1.165, 1.54) is 10.9 Å². The van der Waals surface area contributed by atoms with E-state index in [1.807, 2.05) is 39.8 Å². The number of oxime groups is 1. The van der Waals surface area contributed by atoms with E-state index < -0.39 is 5.60 Å². The third-order valence-corrected chi connectivity index (χ3v) is 6.78. The molecule has 1 fully saturated rings. The van der Waals surface area contributed by atoms with Crippen LogP contribution < -0.4 is 10.5 Å². The molecular formula is C26H31N9O2. The largest absolute Gasteiger partial charge is 0.390 e. The Labute approximate surface area is 215 Å². The van der Waals surface area contributed by atoms with Crippen molar-refractivity contribution in [2.75, 3.05) is 11.9 Å². The smallest absolute Gasteiger partial charge is 0.270 e. The van der Waals surface area contributed by atoms with E-state index >= 15 is 0 Å². The lowest BCUT2D eigenvalue weighted by Gasteiger charge is -2.36. The Bertz CT molecular complexity index is 1490. The average molecular weight is 502 g/mol. The quantitative estimate of drug-likeness (QED) is 0.384. The number of nitriles is 2. The SMILES string of the molecule is Cn1ncnc1/C(=N\OC(C)(C)C)[C@H]1CC[C@@H](N(C)c2c(C#N)c(=O)n(C)c3ccc(C#N)nc23)CC1. The summed E-state index contributed by atoms with van der Waals surface area (Å²) in [6, 6.07) is 7.49. The minimum Gasteiger partial charge on any atom is -0.390 e. The normalized spacial score (nSPS) is 18.3. The van der Waals surface area contributed by atoms with Gasteiger partial charge in [-0.05, 0) is 58.6 Å². The molecule has 3 heterocycles. The molecule has 0 aliphatic heterocycles. The van der Waals surface area contributed by atoms with Gasteiger partial charge in [0.05, 0.1) is 11.2 Å². The van der Waals surface area contributed by atoms with Crippen LogP contribution in [0.25, 0.3) is 11.0 Å². The molecule has 37 heavy (non-hydrogen) atoms. The van der Waals surface area contributed by atoms with Crippen molar-refractivity contribution in [3.05, 3.63) is 45.9 Å². The fourth-order valence-corrected chi connectivity index (χ4v) is 4.83. The summed E-state index contributed by atoms with van der Waals surface area (Å²) >= 11 is 0. The third-order valence-electron chi connectivity index (χ3n) is 6.78. The van der Waals surface area contributed by atoms with Crippen LogP contribution in [0.3, 0.4) is 0 Å². The van der Waals surface area contributed by atoms with Gasteiger partial charge in [-0.3, -0.25) is 4.79 Å². The van der Waals surface area contributed by atoms with Gasteiger partial charge in [-0.25, -0.2) is 14.6 Å². The summed E-state index contributed by atoms with van der Waals surface area (Å²) in [5.74, 6) is 0.799. The molecule has 11 nitrogen and oxygen atoms in total. The van der Waals surface area contributed by atoms with Crippen molar-refractivity contribution in [3.8, 4) is 12.1 Å². The summed E-state index contributed by atoms with van der Waals surface area (Å²) in [5, 5.41) is 28.0. The lowest BCUT2D eigenvalue weighted by Crippen LogP contribution is -2.39. The van der Waals surface area contributed by atoms with Gasteiger partial charge in [0.2, 0.25) is 0 Å². The number of pyridine rings is 2. The van der Waals surface area contributed by atoms with Crippen molar-refractivity contribution < 1.29 is 4.84 Å². The monoisotopic (exact) mass is 501 g/mol. The Morgan fingerprint density at radius 2 is 1.86 bits per heavy atom. The molecule has 0 amide bonds. The highest BCUT2D eigenvalue weighted by molar-refractivity contribution is 5.99. The fraction of sp³-hybridized carbons (Fsp3) is 0.500. The molecule has 1 saturated carbocycles. The van der Waals surface area contributed by atoms with Gasteiger partial charge in [0.25, 0.3) is 5.56 Å². The predicted molar refractivity (Wildman–Crippen MR) is 139 cm³/mol. The first-order chi connectivity index (χ1) is 17.6. The van der Waals surface area contributed by atoms with Gasteiger partial charge < -0.3 is 14.3 Å². The second-order valence-electron chi connectivity index (χ2n) is 10.4. The number of fused-ring (bicyclic) bond motifs is 1. The van der Waals surface area contributed by atoms with Gasteiger partial charge in [0, 0.05) is 33.1 Å². The molecular weight excluding hydrogens is 470 g/mol. The predicted octanol–water partition coefficient (Wildman–Crippen LogP) is 3.02. The molecule has 11 heteroatoms. The Balaban J connectivity index is 1.66. The molecule has 1 aliphatic carbocycles. The number of hydrogen-bond donors (Lipinski definition) is 0. The molecule has 0 bridgehead atoms. The molecule has 0 unspecified atom stereocenters. The lowest BCUT2D eigenvalue weighted by molar-refractivity contribution is -0.000158. The van der Waals surface area contributed by atoms with Gasteiger partial charge in [0.1, 0.15) is 46.6 Å². The maximum Gasteiger partial charge on any atom is 0.270 e. The topological polar surface area (TPSA) is 138 Å². The van der Waals surface area contributed by atoms with E-state index in [0.29, 0.717) is 22.5 Å². The zero-order chi connectivity index (χ0) is 26.9. The second-order valence-corrected chi connectivity index (χ2v) is 10.4. The van der Waals surface area contributed by atoms with Crippen LogP contribution >= 0.6 is 0 Å². The fourth-order valence-electron chi connectivity index (χ4n) is 4.83. The van der Waals surface area contributed by atoms with Crippen LogP contribution in [0.2, 0.25) is 0 Å². The molecule has 192 valence electrons. The average Bonchev–Trinajstić information content (AvgIpc) is 3.30. The van der Waals surface area contributed by atoms with E-state index in [4.69, 9.17) is 4.84 Å². The van der Waals surface area contributed by atoms with E-state index in [9.17, 15) is 15.3 Å². The Morgan fingerprint density at radius 1 is 1.16 bits per heavy atom. The third kappa shape index (κ3) is 5.03. The number of nitrogens with zero attached hydrogens (tertiary/aromatic N) is 9. The molecule has 1 aliphatic rings. The molecule has 0 radical (unpaired) electrons. The van der Waals surface area contributed by atoms with E-state index in [-0.39, 0.29) is 28.8 Å². The van der Waals surface area contributed by atoms with Crippen molar-refractivity contribution >= 4 is 22.4 Å². The molecule has 0 spiro atoms. The number of hydrogen-bond acceptors (Lipinski definition) is 9. The first-order valence-electron chi connectivity index (χ1n) is 12.2. The van der Waals surface area contributed by atoms with Crippen molar-refractivity contribution in [3.63, 3.8) is 0 Å². The number of aryl methyl sites for hydroxylation is 2. The second kappa shape index (κ2) is 10.0. The molecule has 0 aromatic carbocycles. The summed E-state index contributed by atoms with van der Waals surface area (Å²) in [7, 11) is 5.34. The van der Waals surface area contributed by atoms with Crippen LogP contribution in [0.5, 0.6) is 0 Å². The Morgan fingerprint density at radius 3 is 2.43 bits per heavy atom. The maximum atomic E-state index is 13.0. The zero-order valence-corrected chi connectivity index (χ0v) is 22.1. The standard InChI is InChI=1S/C26H31N9O2/c1-26(2,3)37-32-21(24-29-15-30-35(24)6)16-7-10-18(11-8-16)33(4)23-19(14-28)25(36)34(5)20-12-9-17(13-27)31-22(20)23/h9,12,15-16,18H,7-8,10-11H2,1-6H3/b32-21-/t16-,18+. The lowest BCUT2D eigenvalue weighted by atomic mass is 9.82. The maximum absolute atomic E-state index is 13.0. The molecule has 0 atom stereocenters. The highest BCUT2D eigenvalue weighted by atomic mass is 16.6. The van der Waals surface area contributed by atoms with Crippen LogP contribution in [0, 0.1) is 28.6 Å². The van der Waals surface area contributed by atoms with E-state index in [0.717, 1.165) is 31.4 Å². The van der Waals surface area contributed by atoms with Crippen LogP contribution in [0.4, 0.5) is 5.69 Å². The minimum atomic E-state index is -0.440. The summed E-state index contributed by atoms with van der Waals surface area (Å²) in [6.07, 6.45) is 4.74. The minimum absolute atomic E-state index is 0.0297. The van der Waals surface area contributed by atoms with Gasteiger partial charge in [-0.1, -0.05) is 5.16 Å². The van der Waals surface area contributed by atoms with Gasteiger partial charge >= 0.3 is 0 Å². The van der Waals surface area contributed by atoms with Crippen molar-refractivity contribution in [1.82, 2.24) is 24.3 Å². The van der Waals surface area contributed by atoms with Gasteiger partial charge in [-0.2, -0.15) is 15.6 Å². The van der Waals surface area contributed by atoms with Crippen LogP contribution in [-0.2, 0) is 18.9 Å². The van der Waals surface area contributed by atoms with E-state index in [2.05, 4.69) is 32.4 Å². The summed E-state index contributed by atoms with van der Waals surface area (Å²) < 4.78 is 3.11. The first kappa shape index (κ1) is 25.8. The number of rotatable bonds is 5. The first-order valence-corrected chi connectivity index (χ1v) is 12.2. The summed E-state index contributed by atoms with van der Waals surface area (Å²) in [4.78, 5) is 29.7.